The van der Waals surface area contributed by atoms with E-state index in [0.717, 1.165) is 0 Å². The lowest BCUT2D eigenvalue weighted by Crippen LogP contribution is -2.43. The number of rotatable bonds is 7. The molecule has 0 atom stereocenters. The van der Waals surface area contributed by atoms with Crippen molar-refractivity contribution in [3.8, 4) is 0 Å². The van der Waals surface area contributed by atoms with Crippen LogP contribution in [0.25, 0.3) is 0 Å². The van der Waals surface area contributed by atoms with Crippen molar-refractivity contribution in [1.29, 1.82) is 0 Å². The molecule has 1 fully saturated rings. The molecule has 1 saturated heterocycles. The van der Waals surface area contributed by atoms with Gasteiger partial charge in [-0.15, -0.1) is 0 Å². The van der Waals surface area contributed by atoms with Crippen molar-refractivity contribution < 1.29 is 18.1 Å². The van der Waals surface area contributed by atoms with E-state index in [2.05, 4.69) is 5.10 Å². The largest absolute Gasteiger partial charge is 0.339 e. The summed E-state index contributed by atoms with van der Waals surface area (Å²) < 4.78 is 28.7. The monoisotopic (exact) mass is 469 g/mol. The van der Waals surface area contributed by atoms with Gasteiger partial charge in [0.05, 0.1) is 21.4 Å². The molecule has 1 aromatic carbocycles. The van der Waals surface area contributed by atoms with Crippen LogP contribution in [0, 0.1) is 16.0 Å². The molecule has 1 aromatic heterocycles. The number of carbonyl (C=O) groups is 1. The summed E-state index contributed by atoms with van der Waals surface area (Å²) in [5, 5.41) is 15.6. The fourth-order valence-corrected chi connectivity index (χ4v) is 5.23. The van der Waals surface area contributed by atoms with Crippen LogP contribution in [-0.4, -0.2) is 58.4 Å². The van der Waals surface area contributed by atoms with Gasteiger partial charge in [0, 0.05) is 50.9 Å². The lowest BCUT2D eigenvalue weighted by molar-refractivity contribution is -0.384. The summed E-state index contributed by atoms with van der Waals surface area (Å²) in [4.78, 5) is 24.6. The van der Waals surface area contributed by atoms with Crippen molar-refractivity contribution >= 4 is 33.2 Å². The third-order valence-electron chi connectivity index (χ3n) is 5.36. The Morgan fingerprint density at radius 2 is 1.90 bits per heavy atom. The summed E-state index contributed by atoms with van der Waals surface area (Å²) in [6.07, 6.45) is 2.51. The highest BCUT2D eigenvalue weighted by Crippen LogP contribution is 2.26. The van der Waals surface area contributed by atoms with E-state index in [1.165, 1.54) is 28.6 Å². The van der Waals surface area contributed by atoms with E-state index in [-0.39, 0.29) is 42.0 Å². The minimum Gasteiger partial charge on any atom is -0.339 e. The van der Waals surface area contributed by atoms with E-state index < -0.39 is 14.9 Å². The molecule has 1 amide bonds. The van der Waals surface area contributed by atoms with Gasteiger partial charge >= 0.3 is 0 Å². The van der Waals surface area contributed by atoms with Crippen molar-refractivity contribution in [3.63, 3.8) is 0 Å². The summed E-state index contributed by atoms with van der Waals surface area (Å²) in [6, 6.07) is 4.81. The molecule has 168 valence electrons. The number of halogens is 1. The standard InChI is InChI=1S/C19H24ClN5O5S/c1-3-23-12-17(20)18(21-23)13-22(2)19(26)14-8-10-24(11-9-14)31(29,30)16-6-4-15(5-7-16)25(27)28/h4-7,12,14H,3,8-11,13H2,1-2H3. The van der Waals surface area contributed by atoms with Crippen molar-refractivity contribution in [2.24, 2.45) is 5.92 Å². The number of piperidine rings is 1. The molecule has 12 heteroatoms. The predicted octanol–water partition coefficient (Wildman–Crippen LogP) is 2.52. The summed E-state index contributed by atoms with van der Waals surface area (Å²) in [7, 11) is -2.09. The van der Waals surface area contributed by atoms with Gasteiger partial charge in [-0.05, 0) is 31.9 Å². The number of hydrogen-bond donors (Lipinski definition) is 0. The van der Waals surface area contributed by atoms with Gasteiger partial charge in [0.2, 0.25) is 15.9 Å². The van der Waals surface area contributed by atoms with E-state index >= 15 is 0 Å². The van der Waals surface area contributed by atoms with Gasteiger partial charge in [-0.2, -0.15) is 9.40 Å². The quantitative estimate of drug-likeness (QED) is 0.454. The van der Waals surface area contributed by atoms with E-state index in [4.69, 9.17) is 11.6 Å². The van der Waals surface area contributed by atoms with E-state index in [9.17, 15) is 23.3 Å². The van der Waals surface area contributed by atoms with Crippen LogP contribution in [0.15, 0.2) is 35.4 Å². The van der Waals surface area contributed by atoms with Crippen molar-refractivity contribution in [2.75, 3.05) is 20.1 Å². The van der Waals surface area contributed by atoms with Crippen molar-refractivity contribution in [1.82, 2.24) is 19.0 Å². The lowest BCUT2D eigenvalue weighted by Gasteiger charge is -2.32. The fourth-order valence-electron chi connectivity index (χ4n) is 3.55. The zero-order chi connectivity index (χ0) is 22.8. The maximum absolute atomic E-state index is 12.8. The van der Waals surface area contributed by atoms with Gasteiger partial charge in [0.1, 0.15) is 5.69 Å². The van der Waals surface area contributed by atoms with Crippen LogP contribution in [0.5, 0.6) is 0 Å². The number of nitro benzene ring substituents is 1. The summed E-state index contributed by atoms with van der Waals surface area (Å²) in [6.45, 7) is 3.31. The SMILES string of the molecule is CCn1cc(Cl)c(CN(C)C(=O)C2CCN(S(=O)(=O)c3ccc([N+](=O)[O-])cc3)CC2)n1. The number of hydrogen-bond acceptors (Lipinski definition) is 6. The maximum atomic E-state index is 12.8. The van der Waals surface area contributed by atoms with Gasteiger partial charge in [0.15, 0.2) is 0 Å². The molecule has 0 saturated carbocycles. The first-order valence-corrected chi connectivity index (χ1v) is 11.7. The number of amides is 1. The minimum atomic E-state index is -3.77. The molecular weight excluding hydrogens is 446 g/mol. The van der Waals surface area contributed by atoms with Gasteiger partial charge in [0.25, 0.3) is 5.69 Å². The Morgan fingerprint density at radius 3 is 2.42 bits per heavy atom. The Labute approximate surface area is 185 Å². The fraction of sp³-hybridized carbons (Fsp3) is 0.474. The van der Waals surface area contributed by atoms with Crippen molar-refractivity contribution in [2.45, 2.75) is 37.8 Å². The molecule has 2 heterocycles. The van der Waals surface area contributed by atoms with E-state index in [1.807, 2.05) is 6.92 Å². The molecule has 1 aliphatic heterocycles. The van der Waals surface area contributed by atoms with Gasteiger partial charge in [-0.1, -0.05) is 11.6 Å². The Morgan fingerprint density at radius 1 is 1.29 bits per heavy atom. The highest BCUT2D eigenvalue weighted by atomic mass is 35.5. The number of nitro groups is 1. The molecule has 0 unspecified atom stereocenters. The molecule has 0 bridgehead atoms. The van der Waals surface area contributed by atoms with Crippen LogP contribution >= 0.6 is 11.6 Å². The first-order valence-electron chi connectivity index (χ1n) is 9.85. The zero-order valence-electron chi connectivity index (χ0n) is 17.3. The Kier molecular flexibility index (Phi) is 6.97. The van der Waals surface area contributed by atoms with Crippen molar-refractivity contribution in [3.05, 3.63) is 51.3 Å². The molecule has 0 radical (unpaired) electrons. The number of aryl methyl sites for hydroxylation is 1. The second kappa shape index (κ2) is 9.33. The van der Waals surface area contributed by atoms with Crippen LogP contribution in [0.4, 0.5) is 5.69 Å². The Bertz CT molecular complexity index is 1060. The first-order chi connectivity index (χ1) is 14.6. The van der Waals surface area contributed by atoms with Crippen LogP contribution in [0.2, 0.25) is 5.02 Å². The van der Waals surface area contributed by atoms with E-state index in [0.29, 0.717) is 30.1 Å². The number of sulfonamides is 1. The number of aromatic nitrogens is 2. The number of nitrogens with zero attached hydrogens (tertiary/aromatic N) is 5. The number of non-ortho nitro benzene ring substituents is 1. The summed E-state index contributed by atoms with van der Waals surface area (Å²) >= 11 is 6.18. The highest BCUT2D eigenvalue weighted by molar-refractivity contribution is 7.89. The molecule has 1 aliphatic rings. The van der Waals surface area contributed by atoms with Gasteiger partial charge in [-0.25, -0.2) is 8.42 Å². The average molecular weight is 470 g/mol. The Balaban J connectivity index is 1.60. The van der Waals surface area contributed by atoms with Gasteiger partial charge < -0.3 is 4.90 Å². The van der Waals surface area contributed by atoms with Crippen LogP contribution in [0.1, 0.15) is 25.5 Å². The molecule has 3 rings (SSSR count). The van der Waals surface area contributed by atoms with Gasteiger partial charge in [-0.3, -0.25) is 19.6 Å². The third-order valence-corrected chi connectivity index (χ3v) is 7.59. The lowest BCUT2D eigenvalue weighted by atomic mass is 9.96. The Hall–Kier alpha value is -2.50. The highest BCUT2D eigenvalue weighted by Gasteiger charge is 2.33. The predicted molar refractivity (Wildman–Crippen MR) is 114 cm³/mol. The number of benzene rings is 1. The third kappa shape index (κ3) is 5.05. The number of carbonyl (C=O) groups excluding carboxylic acids is 1. The topological polar surface area (TPSA) is 119 Å². The van der Waals surface area contributed by atoms with Crippen LogP contribution < -0.4 is 0 Å². The average Bonchev–Trinajstić information content (AvgIpc) is 3.12. The van der Waals surface area contributed by atoms with Crippen LogP contribution in [0.3, 0.4) is 0 Å². The second-order valence-corrected chi connectivity index (χ2v) is 9.75. The zero-order valence-corrected chi connectivity index (χ0v) is 18.8. The molecule has 31 heavy (non-hydrogen) atoms. The molecule has 2 aromatic rings. The summed E-state index contributed by atoms with van der Waals surface area (Å²) in [5.74, 6) is -0.366. The normalized spacial score (nSPS) is 15.7. The maximum Gasteiger partial charge on any atom is 0.269 e. The molecule has 0 aliphatic carbocycles. The molecule has 0 spiro atoms. The first kappa shape index (κ1) is 23.2. The van der Waals surface area contributed by atoms with Crippen LogP contribution in [-0.2, 0) is 27.9 Å². The molecular formula is C19H24ClN5O5S. The second-order valence-electron chi connectivity index (χ2n) is 7.40. The summed E-state index contributed by atoms with van der Waals surface area (Å²) in [5.41, 5.74) is 0.452. The van der Waals surface area contributed by atoms with E-state index in [1.54, 1.807) is 22.8 Å². The minimum absolute atomic E-state index is 0.00106. The molecule has 10 nitrogen and oxygen atoms in total. The molecule has 0 N–H and O–H groups in total. The smallest absolute Gasteiger partial charge is 0.269 e.